The van der Waals surface area contributed by atoms with Gasteiger partial charge in [-0.2, -0.15) is 0 Å². The van der Waals surface area contributed by atoms with Crippen LogP contribution >= 0.6 is 0 Å². The van der Waals surface area contributed by atoms with Crippen LogP contribution in [-0.2, 0) is 11.3 Å². The number of hydrogen-bond donors (Lipinski definition) is 1. The maximum atomic E-state index is 11.9. The molecule has 1 aliphatic heterocycles. The topological polar surface area (TPSA) is 32.3 Å². The molecule has 0 aromatic heterocycles. The van der Waals surface area contributed by atoms with Crippen molar-refractivity contribution in [2.24, 2.45) is 0 Å². The molecule has 0 unspecified atom stereocenters. The minimum atomic E-state index is 0.297. The second kappa shape index (κ2) is 6.71. The summed E-state index contributed by atoms with van der Waals surface area (Å²) in [6.45, 7) is 7.77. The van der Waals surface area contributed by atoms with Crippen molar-refractivity contribution in [1.29, 1.82) is 0 Å². The molecule has 1 N–H and O–H groups in total. The molecular formula is C16H24N2O. The second-order valence-corrected chi connectivity index (χ2v) is 5.44. The van der Waals surface area contributed by atoms with E-state index in [1.165, 1.54) is 29.5 Å². The van der Waals surface area contributed by atoms with E-state index >= 15 is 0 Å². The average Bonchev–Trinajstić information content (AvgIpc) is 2.90. The Morgan fingerprint density at radius 2 is 2.00 bits per heavy atom. The molecule has 1 heterocycles. The van der Waals surface area contributed by atoms with Gasteiger partial charge in [-0.15, -0.1) is 0 Å². The van der Waals surface area contributed by atoms with Crippen LogP contribution in [0.4, 0.5) is 0 Å². The molecule has 1 aromatic rings. The molecule has 0 saturated carbocycles. The quantitative estimate of drug-likeness (QED) is 0.825. The minimum absolute atomic E-state index is 0.297. The molecule has 1 aromatic carbocycles. The van der Waals surface area contributed by atoms with E-state index in [1.807, 2.05) is 4.90 Å². The Morgan fingerprint density at radius 1 is 1.26 bits per heavy atom. The Morgan fingerprint density at radius 3 is 2.68 bits per heavy atom. The highest BCUT2D eigenvalue weighted by Crippen LogP contribution is 2.10. The highest BCUT2D eigenvalue weighted by Gasteiger charge is 2.16. The first-order valence-corrected chi connectivity index (χ1v) is 7.21. The number of carbonyl (C=O) groups excluding carboxylic acids is 1. The normalized spacial score (nSPS) is 14.9. The molecule has 104 valence electrons. The fourth-order valence-electron chi connectivity index (χ4n) is 2.59. The van der Waals surface area contributed by atoms with Crippen molar-refractivity contribution >= 4 is 5.91 Å². The van der Waals surface area contributed by atoms with E-state index in [4.69, 9.17) is 0 Å². The monoisotopic (exact) mass is 260 g/mol. The number of rotatable bonds is 5. The zero-order valence-corrected chi connectivity index (χ0v) is 12.0. The third-order valence-electron chi connectivity index (χ3n) is 3.79. The first-order valence-electron chi connectivity index (χ1n) is 7.21. The smallest absolute Gasteiger partial charge is 0.223 e. The number of aryl methyl sites for hydroxylation is 2. The molecule has 1 fully saturated rings. The number of nitrogens with zero attached hydrogens (tertiary/aromatic N) is 1. The molecule has 1 aliphatic rings. The number of amides is 1. The van der Waals surface area contributed by atoms with Gasteiger partial charge in [0.15, 0.2) is 0 Å². The summed E-state index contributed by atoms with van der Waals surface area (Å²) in [5.74, 6) is 0.297. The molecule has 1 saturated heterocycles. The van der Waals surface area contributed by atoms with Crippen molar-refractivity contribution in [3.63, 3.8) is 0 Å². The van der Waals surface area contributed by atoms with Crippen LogP contribution in [-0.4, -0.2) is 30.4 Å². The summed E-state index contributed by atoms with van der Waals surface area (Å²) in [6, 6.07) is 6.51. The van der Waals surface area contributed by atoms with Crippen LogP contribution in [0.1, 0.15) is 36.0 Å². The summed E-state index contributed by atoms with van der Waals surface area (Å²) in [5.41, 5.74) is 3.93. The number of nitrogens with one attached hydrogen (secondary N) is 1. The van der Waals surface area contributed by atoms with Gasteiger partial charge in [-0.25, -0.2) is 0 Å². The van der Waals surface area contributed by atoms with Gasteiger partial charge >= 0.3 is 0 Å². The molecule has 3 heteroatoms. The largest absolute Gasteiger partial charge is 0.343 e. The summed E-state index contributed by atoms with van der Waals surface area (Å²) in [7, 11) is 0. The van der Waals surface area contributed by atoms with Crippen LogP contribution < -0.4 is 5.32 Å². The van der Waals surface area contributed by atoms with Crippen LogP contribution in [0, 0.1) is 13.8 Å². The molecule has 1 amide bonds. The zero-order valence-electron chi connectivity index (χ0n) is 12.0. The lowest BCUT2D eigenvalue weighted by molar-refractivity contribution is -0.130. The molecular weight excluding hydrogens is 236 g/mol. The van der Waals surface area contributed by atoms with Crippen LogP contribution in [0.25, 0.3) is 0 Å². The predicted molar refractivity (Wildman–Crippen MR) is 78.1 cm³/mol. The number of carbonyl (C=O) groups is 1. The van der Waals surface area contributed by atoms with E-state index in [1.54, 1.807) is 0 Å². The molecule has 2 rings (SSSR count). The molecule has 0 spiro atoms. The van der Waals surface area contributed by atoms with Crippen molar-refractivity contribution in [1.82, 2.24) is 10.2 Å². The van der Waals surface area contributed by atoms with Gasteiger partial charge in [-0.1, -0.05) is 23.8 Å². The van der Waals surface area contributed by atoms with Gasteiger partial charge in [0.2, 0.25) is 5.91 Å². The Kier molecular flexibility index (Phi) is 4.97. The van der Waals surface area contributed by atoms with Crippen molar-refractivity contribution in [2.75, 3.05) is 19.6 Å². The van der Waals surface area contributed by atoms with E-state index in [0.29, 0.717) is 12.3 Å². The molecule has 0 radical (unpaired) electrons. The maximum absolute atomic E-state index is 11.9. The lowest BCUT2D eigenvalue weighted by Gasteiger charge is -2.15. The predicted octanol–water partition coefficient (Wildman–Crippen LogP) is 2.41. The average molecular weight is 260 g/mol. The summed E-state index contributed by atoms with van der Waals surface area (Å²) < 4.78 is 0. The van der Waals surface area contributed by atoms with Gasteiger partial charge in [0.25, 0.3) is 0 Å². The molecule has 0 aliphatic carbocycles. The fraction of sp³-hybridized carbons (Fsp3) is 0.562. The zero-order chi connectivity index (χ0) is 13.7. The Balaban J connectivity index is 1.70. The van der Waals surface area contributed by atoms with Gasteiger partial charge < -0.3 is 10.2 Å². The maximum Gasteiger partial charge on any atom is 0.223 e. The molecule has 19 heavy (non-hydrogen) atoms. The van der Waals surface area contributed by atoms with Gasteiger partial charge in [-0.3, -0.25) is 4.79 Å². The van der Waals surface area contributed by atoms with Crippen LogP contribution in [0.5, 0.6) is 0 Å². The fourth-order valence-corrected chi connectivity index (χ4v) is 2.59. The lowest BCUT2D eigenvalue weighted by atomic mass is 10.1. The summed E-state index contributed by atoms with van der Waals surface area (Å²) in [5, 5.41) is 3.37. The van der Waals surface area contributed by atoms with Crippen molar-refractivity contribution in [3.05, 3.63) is 34.9 Å². The molecule has 0 bridgehead atoms. The molecule has 3 nitrogen and oxygen atoms in total. The first kappa shape index (κ1) is 14.1. The van der Waals surface area contributed by atoms with Gasteiger partial charge in [0.1, 0.15) is 0 Å². The lowest BCUT2D eigenvalue weighted by Crippen LogP contribution is -2.30. The van der Waals surface area contributed by atoms with Crippen molar-refractivity contribution in [3.8, 4) is 0 Å². The first-order chi connectivity index (χ1) is 9.16. The number of benzene rings is 1. The van der Waals surface area contributed by atoms with Crippen LogP contribution in [0.15, 0.2) is 18.2 Å². The van der Waals surface area contributed by atoms with E-state index in [9.17, 15) is 4.79 Å². The second-order valence-electron chi connectivity index (χ2n) is 5.44. The van der Waals surface area contributed by atoms with Gasteiger partial charge in [0, 0.05) is 32.6 Å². The van der Waals surface area contributed by atoms with Crippen LogP contribution in [0.2, 0.25) is 0 Å². The Labute approximate surface area is 116 Å². The Hall–Kier alpha value is -1.35. The highest BCUT2D eigenvalue weighted by atomic mass is 16.2. The van der Waals surface area contributed by atoms with E-state index < -0.39 is 0 Å². The highest BCUT2D eigenvalue weighted by molar-refractivity contribution is 5.76. The third kappa shape index (κ3) is 4.06. The SMILES string of the molecule is Cc1ccc(CNCCC(=O)N2CCCC2)c(C)c1. The third-order valence-corrected chi connectivity index (χ3v) is 3.79. The summed E-state index contributed by atoms with van der Waals surface area (Å²) in [4.78, 5) is 13.8. The van der Waals surface area contributed by atoms with E-state index in [0.717, 1.165) is 26.2 Å². The summed E-state index contributed by atoms with van der Waals surface area (Å²) in [6.07, 6.45) is 2.95. The van der Waals surface area contributed by atoms with E-state index in [2.05, 4.69) is 37.4 Å². The number of likely N-dealkylation sites (tertiary alicyclic amines) is 1. The van der Waals surface area contributed by atoms with Crippen molar-refractivity contribution in [2.45, 2.75) is 39.7 Å². The number of hydrogen-bond acceptors (Lipinski definition) is 2. The Bertz CT molecular complexity index is 436. The van der Waals surface area contributed by atoms with Gasteiger partial charge in [-0.05, 0) is 37.8 Å². The standard InChI is InChI=1S/C16H24N2O/c1-13-5-6-15(14(2)11-13)12-17-8-7-16(19)18-9-3-4-10-18/h5-6,11,17H,3-4,7-10,12H2,1-2H3. The van der Waals surface area contributed by atoms with E-state index in [-0.39, 0.29) is 0 Å². The summed E-state index contributed by atoms with van der Waals surface area (Å²) >= 11 is 0. The minimum Gasteiger partial charge on any atom is -0.343 e. The van der Waals surface area contributed by atoms with Crippen LogP contribution in [0.3, 0.4) is 0 Å². The molecule has 0 atom stereocenters. The van der Waals surface area contributed by atoms with Crippen molar-refractivity contribution < 1.29 is 4.79 Å². The van der Waals surface area contributed by atoms with Gasteiger partial charge in [0.05, 0.1) is 0 Å².